The molecule has 0 spiro atoms. The van der Waals surface area contributed by atoms with Gasteiger partial charge in [-0.25, -0.2) is 0 Å². The summed E-state index contributed by atoms with van der Waals surface area (Å²) >= 11 is 1.03. The van der Waals surface area contributed by atoms with Crippen molar-refractivity contribution in [3.05, 3.63) is 0 Å². The Morgan fingerprint density at radius 1 is 1.67 bits per heavy atom. The predicted molar refractivity (Wildman–Crippen MR) is 50.2 cm³/mol. The molecule has 0 amide bonds. The Labute approximate surface area is 76.4 Å². The maximum atomic E-state index is 11.1. The van der Waals surface area contributed by atoms with Gasteiger partial charge in [0, 0.05) is 0 Å². The average molecular weight is 190 g/mol. The van der Waals surface area contributed by atoms with E-state index in [-0.39, 0.29) is 16.4 Å². The van der Waals surface area contributed by atoms with Crippen LogP contribution in [0.1, 0.15) is 20.3 Å². The molecule has 4 nitrogen and oxygen atoms in total. The molecule has 0 rings (SSSR count). The molecule has 0 heterocycles. The molecule has 0 aliphatic carbocycles. The SMILES string of the molecule is CCOC(=O)C(CC)SC(=N)N. The van der Waals surface area contributed by atoms with Gasteiger partial charge >= 0.3 is 5.97 Å². The Morgan fingerprint density at radius 2 is 2.25 bits per heavy atom. The summed E-state index contributed by atoms with van der Waals surface area (Å²) in [5, 5.41) is 6.61. The fraction of sp³-hybridized carbons (Fsp3) is 0.714. The van der Waals surface area contributed by atoms with Crippen LogP contribution in [-0.4, -0.2) is 23.0 Å². The highest BCUT2D eigenvalue weighted by atomic mass is 32.2. The molecule has 0 aromatic rings. The summed E-state index contributed by atoms with van der Waals surface area (Å²) in [5.74, 6) is -0.291. The largest absolute Gasteiger partial charge is 0.465 e. The quantitative estimate of drug-likeness (QED) is 0.393. The minimum absolute atomic E-state index is 0.0464. The van der Waals surface area contributed by atoms with Gasteiger partial charge in [0.2, 0.25) is 0 Å². The van der Waals surface area contributed by atoms with Crippen LogP contribution in [0.4, 0.5) is 0 Å². The van der Waals surface area contributed by atoms with Crippen molar-refractivity contribution in [1.29, 1.82) is 5.41 Å². The lowest BCUT2D eigenvalue weighted by Crippen LogP contribution is -2.23. The lowest BCUT2D eigenvalue weighted by molar-refractivity contribution is -0.142. The van der Waals surface area contributed by atoms with Crippen molar-refractivity contribution in [2.24, 2.45) is 5.73 Å². The molecule has 0 bridgehead atoms. The number of esters is 1. The van der Waals surface area contributed by atoms with Crippen LogP contribution < -0.4 is 5.73 Å². The van der Waals surface area contributed by atoms with Gasteiger partial charge in [-0.1, -0.05) is 18.7 Å². The van der Waals surface area contributed by atoms with E-state index >= 15 is 0 Å². The van der Waals surface area contributed by atoms with Crippen molar-refractivity contribution in [2.75, 3.05) is 6.61 Å². The summed E-state index contributed by atoms with van der Waals surface area (Å²) in [7, 11) is 0. The van der Waals surface area contributed by atoms with Gasteiger partial charge in [-0.15, -0.1) is 0 Å². The summed E-state index contributed by atoms with van der Waals surface area (Å²) in [6.07, 6.45) is 0.628. The summed E-state index contributed by atoms with van der Waals surface area (Å²) < 4.78 is 4.78. The van der Waals surface area contributed by atoms with Gasteiger partial charge in [0.1, 0.15) is 5.25 Å². The summed E-state index contributed by atoms with van der Waals surface area (Å²) in [6, 6.07) is 0. The molecular formula is C7H14N2O2S. The highest BCUT2D eigenvalue weighted by Crippen LogP contribution is 2.14. The van der Waals surface area contributed by atoms with Crippen LogP contribution in [0.25, 0.3) is 0 Å². The van der Waals surface area contributed by atoms with Crippen LogP contribution in [0, 0.1) is 5.41 Å². The number of hydrogen-bond acceptors (Lipinski definition) is 4. The molecule has 0 aliphatic heterocycles. The van der Waals surface area contributed by atoms with Gasteiger partial charge in [0.15, 0.2) is 5.17 Å². The minimum atomic E-state index is -0.331. The van der Waals surface area contributed by atoms with Gasteiger partial charge in [0.25, 0.3) is 0 Å². The van der Waals surface area contributed by atoms with E-state index in [2.05, 4.69) is 0 Å². The molecule has 0 saturated heterocycles. The fourth-order valence-corrected chi connectivity index (χ4v) is 1.32. The van der Waals surface area contributed by atoms with Crippen LogP contribution in [0.15, 0.2) is 0 Å². The summed E-state index contributed by atoms with van der Waals surface area (Å²) in [4.78, 5) is 11.1. The Balaban J connectivity index is 3.96. The Hall–Kier alpha value is -0.710. The molecule has 0 aromatic heterocycles. The van der Waals surface area contributed by atoms with E-state index in [1.807, 2.05) is 6.92 Å². The minimum Gasteiger partial charge on any atom is -0.465 e. The van der Waals surface area contributed by atoms with E-state index in [1.165, 1.54) is 0 Å². The van der Waals surface area contributed by atoms with Crippen LogP contribution in [0.3, 0.4) is 0 Å². The van der Waals surface area contributed by atoms with Gasteiger partial charge in [-0.2, -0.15) is 0 Å². The maximum Gasteiger partial charge on any atom is 0.319 e. The summed E-state index contributed by atoms with van der Waals surface area (Å²) in [5.41, 5.74) is 5.14. The van der Waals surface area contributed by atoms with Crippen molar-refractivity contribution in [3.63, 3.8) is 0 Å². The number of carbonyl (C=O) groups excluding carboxylic acids is 1. The lowest BCUT2D eigenvalue weighted by Gasteiger charge is -2.10. The molecule has 0 fully saturated rings. The molecular weight excluding hydrogens is 176 g/mol. The number of amidine groups is 1. The van der Waals surface area contributed by atoms with Crippen LogP contribution >= 0.6 is 11.8 Å². The molecule has 1 unspecified atom stereocenters. The highest BCUT2D eigenvalue weighted by Gasteiger charge is 2.18. The van der Waals surface area contributed by atoms with Crippen molar-refractivity contribution in [2.45, 2.75) is 25.5 Å². The third kappa shape index (κ3) is 4.23. The number of nitrogens with two attached hydrogens (primary N) is 1. The fourth-order valence-electron chi connectivity index (χ4n) is 0.687. The Kier molecular flexibility index (Phi) is 5.53. The molecule has 0 aliphatic rings. The van der Waals surface area contributed by atoms with Gasteiger partial charge in [-0.05, 0) is 13.3 Å². The number of ether oxygens (including phenoxy) is 1. The monoisotopic (exact) mass is 190 g/mol. The molecule has 70 valence electrons. The first-order valence-corrected chi connectivity index (χ1v) is 4.67. The van der Waals surface area contributed by atoms with Crippen molar-refractivity contribution < 1.29 is 9.53 Å². The zero-order chi connectivity index (χ0) is 9.56. The zero-order valence-electron chi connectivity index (χ0n) is 7.29. The molecule has 12 heavy (non-hydrogen) atoms. The topological polar surface area (TPSA) is 76.2 Å². The van der Waals surface area contributed by atoms with Crippen molar-refractivity contribution in [1.82, 2.24) is 0 Å². The maximum absolute atomic E-state index is 11.1. The zero-order valence-corrected chi connectivity index (χ0v) is 8.11. The number of nitrogens with one attached hydrogen (secondary N) is 1. The second-order valence-corrected chi connectivity index (χ2v) is 3.38. The van der Waals surface area contributed by atoms with E-state index in [4.69, 9.17) is 15.9 Å². The molecule has 0 saturated carbocycles. The predicted octanol–water partition coefficient (Wildman–Crippen LogP) is 0.955. The lowest BCUT2D eigenvalue weighted by atomic mass is 10.3. The first-order valence-electron chi connectivity index (χ1n) is 3.79. The van der Waals surface area contributed by atoms with E-state index in [9.17, 15) is 4.79 Å². The van der Waals surface area contributed by atoms with Gasteiger partial charge < -0.3 is 10.5 Å². The molecule has 1 atom stereocenters. The van der Waals surface area contributed by atoms with Crippen molar-refractivity contribution >= 4 is 22.9 Å². The molecule has 0 aromatic carbocycles. The van der Waals surface area contributed by atoms with Crippen molar-refractivity contribution in [3.8, 4) is 0 Å². The van der Waals surface area contributed by atoms with Crippen LogP contribution in [0.5, 0.6) is 0 Å². The highest BCUT2D eigenvalue weighted by molar-refractivity contribution is 8.14. The van der Waals surface area contributed by atoms with Gasteiger partial charge in [0.05, 0.1) is 6.61 Å². The smallest absolute Gasteiger partial charge is 0.319 e. The molecule has 0 radical (unpaired) electrons. The average Bonchev–Trinajstić information content (AvgIpc) is 2.00. The number of carbonyl (C=O) groups is 1. The second kappa shape index (κ2) is 5.88. The number of thioether (sulfide) groups is 1. The third-order valence-corrected chi connectivity index (χ3v) is 2.25. The Bertz CT molecular complexity index is 173. The van der Waals surface area contributed by atoms with E-state index in [1.54, 1.807) is 6.92 Å². The first kappa shape index (κ1) is 11.3. The standard InChI is InChI=1S/C7H14N2O2S/c1-3-5(12-7(8)9)6(10)11-4-2/h5H,3-4H2,1-2H3,(H3,8,9). The normalized spacial score (nSPS) is 12.2. The number of rotatable bonds is 4. The van der Waals surface area contributed by atoms with E-state index < -0.39 is 0 Å². The van der Waals surface area contributed by atoms with Crippen LogP contribution in [-0.2, 0) is 9.53 Å². The summed E-state index contributed by atoms with van der Waals surface area (Å²) in [6.45, 7) is 3.98. The molecule has 3 N–H and O–H groups in total. The first-order chi connectivity index (χ1) is 5.61. The van der Waals surface area contributed by atoms with Crippen LogP contribution in [0.2, 0.25) is 0 Å². The third-order valence-electron chi connectivity index (χ3n) is 1.19. The number of hydrogen-bond donors (Lipinski definition) is 2. The van der Waals surface area contributed by atoms with E-state index in [0.29, 0.717) is 13.0 Å². The second-order valence-electron chi connectivity index (χ2n) is 2.13. The van der Waals surface area contributed by atoms with Gasteiger partial charge in [-0.3, -0.25) is 10.2 Å². The Morgan fingerprint density at radius 3 is 2.58 bits per heavy atom. The molecule has 5 heteroatoms. The van der Waals surface area contributed by atoms with E-state index in [0.717, 1.165) is 11.8 Å².